The SMILES string of the molecule is Nc1ccc([P+](O[P+](c2ccccc2)(c2ccc(N)cc2)c2ccc(N)cc2)(c2ccccc2)c2ccc(N)cc2)cc1. The molecule has 43 heavy (non-hydrogen) atoms. The van der Waals surface area contributed by atoms with Gasteiger partial charge in [-0.15, -0.1) is 0 Å². The molecule has 0 bridgehead atoms. The fraction of sp³-hybridized carbons (Fsp3) is 0. The lowest BCUT2D eigenvalue weighted by Crippen LogP contribution is -2.40. The smallest absolute Gasteiger partial charge is 0.292 e. The molecule has 0 spiro atoms. The van der Waals surface area contributed by atoms with Gasteiger partial charge in [-0.3, -0.25) is 0 Å². The second kappa shape index (κ2) is 11.9. The molecule has 6 rings (SSSR count). The quantitative estimate of drug-likeness (QED) is 0.143. The van der Waals surface area contributed by atoms with Gasteiger partial charge in [-0.05, 0) is 121 Å². The Balaban J connectivity index is 1.77. The second-order valence-corrected chi connectivity index (χ2v) is 16.5. The largest absolute Gasteiger partial charge is 0.399 e. The summed E-state index contributed by atoms with van der Waals surface area (Å²) in [5.74, 6) is 0. The summed E-state index contributed by atoms with van der Waals surface area (Å²) in [7, 11) is -5.72. The van der Waals surface area contributed by atoms with Crippen molar-refractivity contribution in [3.63, 3.8) is 0 Å². The molecule has 0 fully saturated rings. The van der Waals surface area contributed by atoms with E-state index < -0.39 is 15.0 Å². The van der Waals surface area contributed by atoms with E-state index in [0.29, 0.717) is 22.7 Å². The molecular formula is C36H34N4OP2+2. The van der Waals surface area contributed by atoms with Crippen molar-refractivity contribution < 1.29 is 4.31 Å². The lowest BCUT2D eigenvalue weighted by Gasteiger charge is -2.32. The Morgan fingerprint density at radius 2 is 0.488 bits per heavy atom. The molecule has 0 atom stereocenters. The molecule has 0 aromatic heterocycles. The first-order chi connectivity index (χ1) is 20.9. The standard InChI is InChI=1S/C36H34N4OP2/c37-27-11-19-33(20-12-27)42(31-7-3-1-4-8-31,34-21-13-28(38)14-22-34)41-43(32-9-5-2-6-10-32,35-23-15-29(39)16-24-35)36-25-17-30(40)18-26-36/h1-26H,37-40H2/q+2. The summed E-state index contributed by atoms with van der Waals surface area (Å²) in [6.45, 7) is 0. The van der Waals surface area contributed by atoms with Gasteiger partial charge < -0.3 is 22.9 Å². The van der Waals surface area contributed by atoms with E-state index in [0.717, 1.165) is 31.8 Å². The topological polar surface area (TPSA) is 113 Å². The molecule has 0 aliphatic carbocycles. The van der Waals surface area contributed by atoms with Gasteiger partial charge in [0, 0.05) is 22.7 Å². The third-order valence-electron chi connectivity index (χ3n) is 7.51. The predicted molar refractivity (Wildman–Crippen MR) is 189 cm³/mol. The van der Waals surface area contributed by atoms with Crippen molar-refractivity contribution in [2.24, 2.45) is 0 Å². The van der Waals surface area contributed by atoms with Crippen LogP contribution in [0.15, 0.2) is 158 Å². The summed E-state index contributed by atoms with van der Waals surface area (Å²) in [4.78, 5) is 0. The van der Waals surface area contributed by atoms with Crippen molar-refractivity contribution in [3.8, 4) is 0 Å². The first-order valence-electron chi connectivity index (χ1n) is 14.0. The lowest BCUT2D eigenvalue weighted by atomic mass is 10.3. The van der Waals surface area contributed by atoms with Gasteiger partial charge in [0.05, 0.1) is 0 Å². The van der Waals surface area contributed by atoms with Crippen LogP contribution in [0.25, 0.3) is 0 Å². The van der Waals surface area contributed by atoms with E-state index in [2.05, 4.69) is 97.1 Å². The van der Waals surface area contributed by atoms with E-state index in [1.54, 1.807) is 0 Å². The minimum absolute atomic E-state index is 0.688. The fourth-order valence-corrected chi connectivity index (χ4v) is 14.4. The summed E-state index contributed by atoms with van der Waals surface area (Å²) in [5, 5.41) is 6.34. The zero-order chi connectivity index (χ0) is 29.9. The van der Waals surface area contributed by atoms with E-state index in [4.69, 9.17) is 27.2 Å². The number of anilines is 4. The van der Waals surface area contributed by atoms with Crippen LogP contribution < -0.4 is 54.8 Å². The molecule has 0 aliphatic heterocycles. The minimum Gasteiger partial charge on any atom is -0.399 e. The van der Waals surface area contributed by atoms with Crippen molar-refractivity contribution in [1.82, 2.24) is 0 Å². The van der Waals surface area contributed by atoms with Crippen LogP contribution in [-0.2, 0) is 4.31 Å². The van der Waals surface area contributed by atoms with Crippen LogP contribution in [0.4, 0.5) is 22.7 Å². The number of benzene rings is 6. The van der Waals surface area contributed by atoms with Gasteiger partial charge in [-0.25, -0.2) is 0 Å². The highest BCUT2D eigenvalue weighted by molar-refractivity contribution is 8.03. The molecular weight excluding hydrogens is 566 g/mol. The van der Waals surface area contributed by atoms with E-state index in [1.807, 2.05) is 60.7 Å². The highest BCUT2D eigenvalue weighted by Crippen LogP contribution is 2.72. The molecule has 0 saturated heterocycles. The molecule has 6 aromatic rings. The van der Waals surface area contributed by atoms with Crippen molar-refractivity contribution >= 4 is 69.6 Å². The van der Waals surface area contributed by atoms with Gasteiger partial charge in [-0.2, -0.15) is 0 Å². The van der Waals surface area contributed by atoms with Crippen LogP contribution in [-0.4, -0.2) is 0 Å². The average molecular weight is 601 g/mol. The number of hydrogen-bond acceptors (Lipinski definition) is 5. The Bertz CT molecular complexity index is 1570. The molecule has 0 amide bonds. The van der Waals surface area contributed by atoms with Gasteiger partial charge in [0.15, 0.2) is 0 Å². The Kier molecular flexibility index (Phi) is 7.88. The van der Waals surface area contributed by atoms with Crippen molar-refractivity contribution in [3.05, 3.63) is 158 Å². The van der Waals surface area contributed by atoms with E-state index in [1.165, 1.54) is 0 Å². The summed E-state index contributed by atoms with van der Waals surface area (Å²) in [6, 6.07) is 53.3. The van der Waals surface area contributed by atoms with Gasteiger partial charge >= 0.3 is 0 Å². The molecule has 212 valence electrons. The Hall–Kier alpha value is -4.66. The fourth-order valence-electron chi connectivity index (χ4n) is 5.37. The van der Waals surface area contributed by atoms with Crippen molar-refractivity contribution in [2.45, 2.75) is 0 Å². The predicted octanol–water partition coefficient (Wildman–Crippen LogP) is 5.15. The summed E-state index contributed by atoms with van der Waals surface area (Å²) >= 11 is 0. The highest BCUT2D eigenvalue weighted by Gasteiger charge is 2.63. The number of rotatable bonds is 8. The maximum absolute atomic E-state index is 8.16. The van der Waals surface area contributed by atoms with Crippen LogP contribution in [0.1, 0.15) is 0 Å². The van der Waals surface area contributed by atoms with Crippen LogP contribution in [0.3, 0.4) is 0 Å². The van der Waals surface area contributed by atoms with Gasteiger partial charge in [-0.1, -0.05) is 40.7 Å². The van der Waals surface area contributed by atoms with Crippen LogP contribution >= 0.6 is 15.0 Å². The van der Waals surface area contributed by atoms with Gasteiger partial charge in [0.2, 0.25) is 0 Å². The third kappa shape index (κ3) is 5.35. The zero-order valence-corrected chi connectivity index (χ0v) is 25.4. The molecule has 0 saturated carbocycles. The average Bonchev–Trinajstić information content (AvgIpc) is 3.05. The Labute approximate surface area is 254 Å². The van der Waals surface area contributed by atoms with E-state index >= 15 is 0 Å². The second-order valence-electron chi connectivity index (χ2n) is 10.3. The molecule has 0 radical (unpaired) electrons. The molecule has 6 aromatic carbocycles. The number of nitrogens with two attached hydrogens (primary N) is 4. The Morgan fingerprint density at radius 3 is 0.721 bits per heavy atom. The third-order valence-corrected chi connectivity index (χ3v) is 15.6. The summed E-state index contributed by atoms with van der Waals surface area (Å²) in [6.07, 6.45) is 0. The van der Waals surface area contributed by atoms with E-state index in [9.17, 15) is 0 Å². The number of nitrogen functional groups attached to an aromatic ring is 4. The monoisotopic (exact) mass is 600 g/mol. The van der Waals surface area contributed by atoms with Crippen molar-refractivity contribution in [2.75, 3.05) is 22.9 Å². The lowest BCUT2D eigenvalue weighted by molar-refractivity contribution is 0.697. The molecule has 5 nitrogen and oxygen atoms in total. The minimum atomic E-state index is -2.86. The first kappa shape index (κ1) is 28.5. The normalized spacial score (nSPS) is 11.7. The van der Waals surface area contributed by atoms with Crippen LogP contribution in [0.5, 0.6) is 0 Å². The van der Waals surface area contributed by atoms with Crippen LogP contribution in [0.2, 0.25) is 0 Å². The Morgan fingerprint density at radius 1 is 0.279 bits per heavy atom. The molecule has 0 heterocycles. The molecule has 7 heteroatoms. The molecule has 0 unspecified atom stereocenters. The maximum Gasteiger partial charge on any atom is 0.292 e. The first-order valence-corrected chi connectivity index (χ1v) is 17.4. The maximum atomic E-state index is 8.16. The highest BCUT2D eigenvalue weighted by atomic mass is 31.3. The van der Waals surface area contributed by atoms with Gasteiger partial charge in [0.25, 0.3) is 15.0 Å². The molecule has 0 aliphatic rings. The number of hydrogen-bond donors (Lipinski definition) is 4. The molecule has 8 N–H and O–H groups in total. The van der Waals surface area contributed by atoms with E-state index in [-0.39, 0.29) is 0 Å². The van der Waals surface area contributed by atoms with Crippen LogP contribution in [0, 0.1) is 0 Å². The zero-order valence-electron chi connectivity index (χ0n) is 23.6. The summed E-state index contributed by atoms with van der Waals surface area (Å²) < 4.78 is 8.16. The van der Waals surface area contributed by atoms with Crippen molar-refractivity contribution in [1.29, 1.82) is 0 Å². The summed E-state index contributed by atoms with van der Waals surface area (Å²) in [5.41, 5.74) is 27.7. The van der Waals surface area contributed by atoms with Gasteiger partial charge in [0.1, 0.15) is 31.8 Å².